The van der Waals surface area contributed by atoms with Gasteiger partial charge in [-0.05, 0) is 11.5 Å². The van der Waals surface area contributed by atoms with E-state index >= 15 is 0 Å². The first kappa shape index (κ1) is 22.9. The van der Waals surface area contributed by atoms with Crippen molar-refractivity contribution in [2.45, 2.75) is 32.9 Å². The summed E-state index contributed by atoms with van der Waals surface area (Å²) in [6.07, 6.45) is 0. The molecule has 0 aliphatic heterocycles. The minimum atomic E-state index is -0.0269. The van der Waals surface area contributed by atoms with Gasteiger partial charge in [0.15, 0.2) is 11.7 Å². The first-order chi connectivity index (χ1) is 12.5. The average molecular weight is 485 g/mol. The second-order valence-corrected chi connectivity index (χ2v) is 6.52. The van der Waals surface area contributed by atoms with Gasteiger partial charge >= 0.3 is 0 Å². The number of amides is 1. The Labute approximate surface area is 177 Å². The highest BCUT2D eigenvalue weighted by molar-refractivity contribution is 14.0. The molecule has 0 aliphatic carbocycles. The van der Waals surface area contributed by atoms with Crippen molar-refractivity contribution >= 4 is 35.8 Å². The summed E-state index contributed by atoms with van der Waals surface area (Å²) in [7, 11) is 3.44. The fourth-order valence-corrected chi connectivity index (χ4v) is 2.10. The number of halogens is 1. The number of hydrogen-bond acceptors (Lipinski definition) is 4. The highest BCUT2D eigenvalue weighted by atomic mass is 127. The molecule has 0 atom stereocenters. The number of guanidine groups is 1. The molecule has 1 aromatic carbocycles. The number of hydrogen-bond donors (Lipinski definition) is 2. The van der Waals surface area contributed by atoms with Gasteiger partial charge in [0.2, 0.25) is 5.91 Å². The third kappa shape index (κ3) is 7.98. The second-order valence-electron chi connectivity index (χ2n) is 6.52. The van der Waals surface area contributed by atoms with Crippen molar-refractivity contribution in [2.24, 2.45) is 4.99 Å². The predicted octanol–water partition coefficient (Wildman–Crippen LogP) is 2.74. The van der Waals surface area contributed by atoms with Crippen LogP contribution in [-0.2, 0) is 17.9 Å². The van der Waals surface area contributed by atoms with E-state index in [0.29, 0.717) is 25.0 Å². The van der Waals surface area contributed by atoms with Gasteiger partial charge in [0.1, 0.15) is 0 Å². The maximum absolute atomic E-state index is 11.8. The van der Waals surface area contributed by atoms with Gasteiger partial charge in [-0.2, -0.15) is 0 Å². The monoisotopic (exact) mass is 485 g/mol. The molecule has 1 heterocycles. The predicted molar refractivity (Wildman–Crippen MR) is 117 cm³/mol. The smallest absolute Gasteiger partial charge is 0.241 e. The molecule has 0 aliphatic rings. The number of nitrogens with one attached hydrogen (secondary N) is 2. The summed E-state index contributed by atoms with van der Waals surface area (Å²) >= 11 is 0. The van der Waals surface area contributed by atoms with Crippen LogP contribution in [0, 0.1) is 0 Å². The zero-order chi connectivity index (χ0) is 18.9. The molecule has 0 unspecified atom stereocenters. The lowest BCUT2D eigenvalue weighted by molar-refractivity contribution is -0.127. The molecule has 7 nitrogen and oxygen atoms in total. The lowest BCUT2D eigenvalue weighted by atomic mass is 10.1. The zero-order valence-corrected chi connectivity index (χ0v) is 18.6. The Morgan fingerprint density at radius 2 is 1.93 bits per heavy atom. The number of carbonyl (C=O) groups is 1. The zero-order valence-electron chi connectivity index (χ0n) is 16.2. The van der Waals surface area contributed by atoms with Gasteiger partial charge in [-0.25, -0.2) is 4.99 Å². The van der Waals surface area contributed by atoms with Crippen LogP contribution in [0.3, 0.4) is 0 Å². The molecular formula is C19H28IN5O2. The minimum Gasteiger partial charge on any atom is -0.359 e. The Bertz CT molecular complexity index is 729. The topological polar surface area (TPSA) is 82.8 Å². The number of benzene rings is 1. The molecule has 0 bridgehead atoms. The Morgan fingerprint density at radius 1 is 1.22 bits per heavy atom. The van der Waals surface area contributed by atoms with Crippen LogP contribution in [0.5, 0.6) is 0 Å². The molecule has 0 fully saturated rings. The number of carbonyl (C=O) groups excluding carboxylic acids is 1. The van der Waals surface area contributed by atoms with Gasteiger partial charge in [-0.1, -0.05) is 49.3 Å². The molecule has 8 heteroatoms. The summed E-state index contributed by atoms with van der Waals surface area (Å²) in [5.41, 5.74) is 2.01. The lowest BCUT2D eigenvalue weighted by Crippen LogP contribution is -2.42. The molecule has 148 valence electrons. The van der Waals surface area contributed by atoms with Gasteiger partial charge in [-0.3, -0.25) is 4.79 Å². The van der Waals surface area contributed by atoms with Gasteiger partial charge in [0.25, 0.3) is 0 Å². The number of rotatable bonds is 7. The molecular weight excluding hydrogens is 457 g/mol. The summed E-state index contributed by atoms with van der Waals surface area (Å²) in [5, 5.41) is 10.3. The first-order valence-corrected chi connectivity index (χ1v) is 8.67. The van der Waals surface area contributed by atoms with Crippen LogP contribution in [0.1, 0.15) is 36.8 Å². The van der Waals surface area contributed by atoms with Gasteiger partial charge in [0.05, 0.1) is 25.3 Å². The number of likely N-dealkylation sites (N-methyl/N-ethyl adjacent to an activating group) is 1. The minimum absolute atomic E-state index is 0. The molecule has 27 heavy (non-hydrogen) atoms. The summed E-state index contributed by atoms with van der Waals surface area (Å²) in [6, 6.07) is 11.9. The fourth-order valence-electron chi connectivity index (χ4n) is 2.10. The third-order valence-corrected chi connectivity index (χ3v) is 3.77. The van der Waals surface area contributed by atoms with Crippen LogP contribution in [0.25, 0.3) is 0 Å². The SMILES string of the molecule is CC(C)c1cc(CNC(=NCc2ccccc2)NCC(=O)N(C)C)on1.I. The normalized spacial score (nSPS) is 11.1. The molecule has 1 aromatic heterocycles. The van der Waals surface area contributed by atoms with Crippen molar-refractivity contribution in [2.75, 3.05) is 20.6 Å². The third-order valence-electron chi connectivity index (χ3n) is 3.77. The highest BCUT2D eigenvalue weighted by Crippen LogP contribution is 2.13. The molecule has 0 saturated carbocycles. The number of aromatic nitrogens is 1. The standard InChI is InChI=1S/C19H27N5O2.HI/c1-14(2)17-10-16(26-23-17)12-21-19(22-13-18(25)24(3)4)20-11-15-8-6-5-7-9-15;/h5-10,14H,11-13H2,1-4H3,(H2,20,21,22);1H. The molecule has 1 amide bonds. The highest BCUT2D eigenvalue weighted by Gasteiger charge is 2.10. The van der Waals surface area contributed by atoms with Crippen molar-refractivity contribution in [3.8, 4) is 0 Å². The van der Waals surface area contributed by atoms with Crippen molar-refractivity contribution in [1.82, 2.24) is 20.7 Å². The molecule has 2 rings (SSSR count). The summed E-state index contributed by atoms with van der Waals surface area (Å²) < 4.78 is 5.33. The van der Waals surface area contributed by atoms with Crippen LogP contribution in [0.2, 0.25) is 0 Å². The Balaban J connectivity index is 0.00000364. The van der Waals surface area contributed by atoms with E-state index < -0.39 is 0 Å². The van der Waals surface area contributed by atoms with Crippen LogP contribution >= 0.6 is 24.0 Å². The Hall–Kier alpha value is -2.10. The van der Waals surface area contributed by atoms with Crippen molar-refractivity contribution in [3.63, 3.8) is 0 Å². The molecule has 0 saturated heterocycles. The maximum atomic E-state index is 11.8. The van der Waals surface area contributed by atoms with Gasteiger partial charge in [-0.15, -0.1) is 24.0 Å². The van der Waals surface area contributed by atoms with E-state index in [1.54, 1.807) is 14.1 Å². The van der Waals surface area contributed by atoms with Crippen molar-refractivity contribution < 1.29 is 9.32 Å². The summed E-state index contributed by atoms with van der Waals surface area (Å²) in [4.78, 5) is 17.9. The largest absolute Gasteiger partial charge is 0.359 e. The van der Waals surface area contributed by atoms with E-state index in [4.69, 9.17) is 4.52 Å². The Morgan fingerprint density at radius 3 is 2.52 bits per heavy atom. The van der Waals surface area contributed by atoms with Crippen LogP contribution in [0.15, 0.2) is 45.9 Å². The van der Waals surface area contributed by atoms with E-state index in [-0.39, 0.29) is 36.4 Å². The average Bonchev–Trinajstić information content (AvgIpc) is 3.11. The molecule has 2 N–H and O–H groups in total. The number of nitrogens with zero attached hydrogens (tertiary/aromatic N) is 3. The first-order valence-electron chi connectivity index (χ1n) is 8.67. The van der Waals surface area contributed by atoms with Crippen LogP contribution < -0.4 is 10.6 Å². The lowest BCUT2D eigenvalue weighted by Gasteiger charge is -2.14. The van der Waals surface area contributed by atoms with Gasteiger partial charge in [0, 0.05) is 20.2 Å². The Kier molecular flexibility index (Phi) is 9.84. The molecule has 0 spiro atoms. The fraction of sp³-hybridized carbons (Fsp3) is 0.421. The van der Waals surface area contributed by atoms with E-state index in [1.165, 1.54) is 4.90 Å². The maximum Gasteiger partial charge on any atom is 0.241 e. The van der Waals surface area contributed by atoms with E-state index in [1.807, 2.05) is 36.4 Å². The molecule has 0 radical (unpaired) electrons. The van der Waals surface area contributed by atoms with Gasteiger partial charge < -0.3 is 20.1 Å². The van der Waals surface area contributed by atoms with Crippen molar-refractivity contribution in [3.05, 3.63) is 53.4 Å². The quantitative estimate of drug-likeness (QED) is 0.358. The second kappa shape index (κ2) is 11.6. The summed E-state index contributed by atoms with van der Waals surface area (Å²) in [6.45, 7) is 5.25. The van der Waals surface area contributed by atoms with Crippen LogP contribution in [0.4, 0.5) is 0 Å². The van der Waals surface area contributed by atoms with E-state index in [0.717, 1.165) is 17.0 Å². The van der Waals surface area contributed by atoms with Crippen LogP contribution in [-0.4, -0.2) is 42.6 Å². The summed E-state index contributed by atoms with van der Waals surface area (Å²) in [5.74, 6) is 1.56. The van der Waals surface area contributed by atoms with E-state index in [9.17, 15) is 4.79 Å². The number of aliphatic imine (C=N–C) groups is 1. The van der Waals surface area contributed by atoms with Crippen molar-refractivity contribution in [1.29, 1.82) is 0 Å². The molecule has 2 aromatic rings. The van der Waals surface area contributed by atoms with E-state index in [2.05, 4.69) is 34.6 Å².